The maximum Gasteiger partial charge on any atom is 0.341 e. The number of benzene rings is 2. The molecule has 1 aliphatic heterocycles. The maximum atomic E-state index is 11.7. The van der Waals surface area contributed by atoms with Gasteiger partial charge in [0.1, 0.15) is 5.75 Å². The summed E-state index contributed by atoms with van der Waals surface area (Å²) in [4.78, 5) is 22.6. The van der Waals surface area contributed by atoms with Gasteiger partial charge >= 0.3 is 5.97 Å². The van der Waals surface area contributed by atoms with Gasteiger partial charge in [0.05, 0.1) is 12.2 Å². The Morgan fingerprint density at radius 2 is 1.86 bits per heavy atom. The number of amides is 1. The molecule has 3 rings (SSSR count). The molecule has 1 fully saturated rings. The number of hydrogen-bond donors (Lipinski definition) is 2. The molecule has 28 heavy (non-hydrogen) atoms. The first-order valence-electron chi connectivity index (χ1n) is 9.35. The Morgan fingerprint density at radius 3 is 2.54 bits per heavy atom. The van der Waals surface area contributed by atoms with Crippen LogP contribution < -0.4 is 10.1 Å². The summed E-state index contributed by atoms with van der Waals surface area (Å²) in [5.41, 5.74) is 2.87. The fourth-order valence-electron chi connectivity index (χ4n) is 3.60. The summed E-state index contributed by atoms with van der Waals surface area (Å²) >= 11 is 0. The summed E-state index contributed by atoms with van der Waals surface area (Å²) < 4.78 is 11.9. The number of ether oxygens (including phenoxy) is 2. The first-order valence-corrected chi connectivity index (χ1v) is 9.35. The van der Waals surface area contributed by atoms with Crippen molar-refractivity contribution in [1.29, 1.82) is 0 Å². The van der Waals surface area contributed by atoms with E-state index in [1.165, 1.54) is 6.92 Å². The van der Waals surface area contributed by atoms with Crippen LogP contribution >= 0.6 is 0 Å². The van der Waals surface area contributed by atoms with Crippen LogP contribution in [-0.4, -0.2) is 29.6 Å². The summed E-state index contributed by atoms with van der Waals surface area (Å²) in [5, 5.41) is 12.0. The minimum atomic E-state index is -1.03. The zero-order valence-electron chi connectivity index (χ0n) is 16.1. The molecule has 1 heterocycles. The predicted octanol–water partition coefficient (Wildman–Crippen LogP) is 3.56. The van der Waals surface area contributed by atoms with Crippen molar-refractivity contribution >= 4 is 11.9 Å². The van der Waals surface area contributed by atoms with Gasteiger partial charge in [-0.3, -0.25) is 4.79 Å². The zero-order chi connectivity index (χ0) is 20.1. The van der Waals surface area contributed by atoms with Crippen molar-refractivity contribution in [3.63, 3.8) is 0 Å². The van der Waals surface area contributed by atoms with Crippen molar-refractivity contribution in [3.05, 3.63) is 65.2 Å². The number of carboxylic acids is 1. The number of nitrogens with one attached hydrogen (secondary N) is 1. The van der Waals surface area contributed by atoms with Crippen molar-refractivity contribution in [2.24, 2.45) is 0 Å². The highest BCUT2D eigenvalue weighted by molar-refractivity contribution is 5.73. The molecule has 0 aliphatic carbocycles. The van der Waals surface area contributed by atoms with E-state index in [2.05, 4.69) is 5.32 Å². The van der Waals surface area contributed by atoms with Crippen LogP contribution in [0.4, 0.5) is 0 Å². The van der Waals surface area contributed by atoms with Crippen molar-refractivity contribution < 1.29 is 24.2 Å². The van der Waals surface area contributed by atoms with Gasteiger partial charge < -0.3 is 19.9 Å². The normalized spacial score (nSPS) is 21.7. The third-order valence-electron chi connectivity index (χ3n) is 4.77. The lowest BCUT2D eigenvalue weighted by Crippen LogP contribution is -2.39. The van der Waals surface area contributed by atoms with Gasteiger partial charge in [0.2, 0.25) is 5.91 Å². The van der Waals surface area contributed by atoms with Crippen LogP contribution in [0.5, 0.6) is 5.75 Å². The minimum Gasteiger partial charge on any atom is -0.482 e. The van der Waals surface area contributed by atoms with Crippen LogP contribution in [0.15, 0.2) is 48.5 Å². The predicted molar refractivity (Wildman–Crippen MR) is 104 cm³/mol. The molecule has 0 unspecified atom stereocenters. The first kappa shape index (κ1) is 19.9. The van der Waals surface area contributed by atoms with Gasteiger partial charge in [-0.25, -0.2) is 4.79 Å². The molecule has 1 amide bonds. The van der Waals surface area contributed by atoms with Crippen LogP contribution in [0.1, 0.15) is 48.7 Å². The van der Waals surface area contributed by atoms with E-state index in [0.29, 0.717) is 18.6 Å². The van der Waals surface area contributed by atoms with E-state index >= 15 is 0 Å². The van der Waals surface area contributed by atoms with Gasteiger partial charge in [-0.15, -0.1) is 0 Å². The van der Waals surface area contributed by atoms with Crippen molar-refractivity contribution in [2.75, 3.05) is 6.61 Å². The Bertz CT molecular complexity index is 836. The zero-order valence-corrected chi connectivity index (χ0v) is 16.1. The van der Waals surface area contributed by atoms with Crippen LogP contribution in [0, 0.1) is 6.92 Å². The largest absolute Gasteiger partial charge is 0.482 e. The second-order valence-corrected chi connectivity index (χ2v) is 7.12. The molecule has 1 saturated heterocycles. The number of rotatable bonds is 6. The third-order valence-corrected chi connectivity index (χ3v) is 4.77. The Hall–Kier alpha value is -2.86. The molecule has 0 spiro atoms. The second-order valence-electron chi connectivity index (χ2n) is 7.12. The molecule has 6 nitrogen and oxygen atoms in total. The summed E-state index contributed by atoms with van der Waals surface area (Å²) in [7, 11) is 0. The van der Waals surface area contributed by atoms with Crippen molar-refractivity contribution in [1.82, 2.24) is 5.32 Å². The van der Waals surface area contributed by atoms with Crippen LogP contribution in [-0.2, 0) is 14.3 Å². The molecule has 1 aliphatic rings. The van der Waals surface area contributed by atoms with E-state index in [1.807, 2.05) is 49.4 Å². The highest BCUT2D eigenvalue weighted by Gasteiger charge is 2.33. The Kier molecular flexibility index (Phi) is 6.31. The number of carboxylic acid groups (broad SMARTS) is 1. The molecule has 0 saturated carbocycles. The summed E-state index contributed by atoms with van der Waals surface area (Å²) in [6, 6.07) is 15.5. The summed E-state index contributed by atoms with van der Waals surface area (Å²) in [6.45, 7) is 3.06. The number of aryl methyl sites for hydroxylation is 1. The average molecular weight is 383 g/mol. The molecule has 148 valence electrons. The number of aliphatic carboxylic acids is 1. The standard InChI is InChI=1S/C22H25NO5/c1-14-8-9-19(27-13-22(25)26)18(10-14)21-12-17(23-15(2)24)11-20(28-21)16-6-4-3-5-7-16/h3-10,17,20-21H,11-13H2,1-2H3,(H,23,24)(H,25,26)/t17-,20-,21+/m0/s1. The van der Waals surface area contributed by atoms with Crippen LogP contribution in [0.2, 0.25) is 0 Å². The SMILES string of the molecule is CC(=O)N[C@H]1C[C@@H](c2ccccc2)O[C@@H](c2cc(C)ccc2OCC(=O)O)C1. The molecular weight excluding hydrogens is 358 g/mol. The second kappa shape index (κ2) is 8.89. The molecular formula is C22H25NO5. The Morgan fingerprint density at radius 1 is 1.14 bits per heavy atom. The van der Waals surface area contributed by atoms with E-state index < -0.39 is 12.6 Å². The van der Waals surface area contributed by atoms with E-state index in [0.717, 1.165) is 16.7 Å². The smallest absolute Gasteiger partial charge is 0.341 e. The Balaban J connectivity index is 1.91. The topological polar surface area (TPSA) is 84.9 Å². The fourth-order valence-corrected chi connectivity index (χ4v) is 3.60. The van der Waals surface area contributed by atoms with E-state index in [1.54, 1.807) is 6.07 Å². The molecule has 2 aromatic rings. The number of hydrogen-bond acceptors (Lipinski definition) is 4. The quantitative estimate of drug-likeness (QED) is 0.797. The van der Waals surface area contributed by atoms with E-state index in [9.17, 15) is 9.59 Å². The van der Waals surface area contributed by atoms with Crippen molar-refractivity contribution in [3.8, 4) is 5.75 Å². The van der Waals surface area contributed by atoms with Gasteiger partial charge in [0.15, 0.2) is 6.61 Å². The maximum absolute atomic E-state index is 11.7. The molecule has 2 N–H and O–H groups in total. The summed E-state index contributed by atoms with van der Waals surface area (Å²) in [5.74, 6) is -0.619. The van der Waals surface area contributed by atoms with E-state index in [4.69, 9.17) is 14.6 Å². The van der Waals surface area contributed by atoms with Gasteiger partial charge in [-0.05, 0) is 37.5 Å². The molecule has 0 radical (unpaired) electrons. The van der Waals surface area contributed by atoms with Gasteiger partial charge in [0, 0.05) is 18.5 Å². The number of carbonyl (C=O) groups excluding carboxylic acids is 1. The van der Waals surface area contributed by atoms with Crippen LogP contribution in [0.25, 0.3) is 0 Å². The van der Waals surface area contributed by atoms with Crippen LogP contribution in [0.3, 0.4) is 0 Å². The molecule has 3 atom stereocenters. The minimum absolute atomic E-state index is 0.0470. The van der Waals surface area contributed by atoms with Crippen molar-refractivity contribution in [2.45, 2.75) is 44.9 Å². The van der Waals surface area contributed by atoms with Gasteiger partial charge in [-0.2, -0.15) is 0 Å². The third kappa shape index (κ3) is 5.10. The van der Waals surface area contributed by atoms with E-state index in [-0.39, 0.29) is 24.2 Å². The Labute approximate surface area is 164 Å². The fraction of sp³-hybridized carbons (Fsp3) is 0.364. The van der Waals surface area contributed by atoms with Gasteiger partial charge in [0.25, 0.3) is 0 Å². The average Bonchev–Trinajstić information content (AvgIpc) is 2.67. The highest BCUT2D eigenvalue weighted by atomic mass is 16.5. The highest BCUT2D eigenvalue weighted by Crippen LogP contribution is 2.42. The van der Waals surface area contributed by atoms with Gasteiger partial charge in [-0.1, -0.05) is 42.0 Å². The molecule has 0 aromatic heterocycles. The molecule has 6 heteroatoms. The monoisotopic (exact) mass is 383 g/mol. The molecule has 0 bridgehead atoms. The number of carbonyl (C=O) groups is 2. The first-order chi connectivity index (χ1) is 13.4. The molecule has 2 aromatic carbocycles. The summed E-state index contributed by atoms with van der Waals surface area (Å²) in [6.07, 6.45) is 0.775. The lowest BCUT2D eigenvalue weighted by atomic mass is 9.90. The lowest BCUT2D eigenvalue weighted by molar-refractivity contribution is -0.139. The lowest BCUT2D eigenvalue weighted by Gasteiger charge is -2.36.